The van der Waals surface area contributed by atoms with E-state index in [0.717, 1.165) is 17.0 Å². The van der Waals surface area contributed by atoms with Gasteiger partial charge in [0.15, 0.2) is 11.6 Å². The molecule has 7 nitrogen and oxygen atoms in total. The van der Waals surface area contributed by atoms with Crippen molar-refractivity contribution in [2.75, 3.05) is 26.7 Å². The number of likely N-dealkylation sites (N-methyl/N-ethyl adjacent to an activating group) is 1. The Morgan fingerprint density at radius 2 is 1.84 bits per heavy atom. The van der Waals surface area contributed by atoms with Crippen LogP contribution in [0.2, 0.25) is 5.02 Å². The van der Waals surface area contributed by atoms with Crippen LogP contribution in [0.5, 0.6) is 5.75 Å². The quantitative estimate of drug-likeness (QED) is 0.656. The van der Waals surface area contributed by atoms with Gasteiger partial charge in [0.2, 0.25) is 5.91 Å². The molecule has 1 atom stereocenters. The molecule has 0 spiro atoms. The number of imide groups is 1. The number of ether oxygens (including phenoxy) is 1. The van der Waals surface area contributed by atoms with Crippen LogP contribution >= 0.6 is 11.6 Å². The summed E-state index contributed by atoms with van der Waals surface area (Å²) in [5.41, 5.74) is -1.54. The van der Waals surface area contributed by atoms with Gasteiger partial charge < -0.3 is 15.0 Å². The first-order valence-electron chi connectivity index (χ1n) is 9.34. The second-order valence-electron chi connectivity index (χ2n) is 7.19. The van der Waals surface area contributed by atoms with Crippen LogP contribution in [0.1, 0.15) is 12.5 Å². The van der Waals surface area contributed by atoms with Gasteiger partial charge in [-0.3, -0.25) is 14.5 Å². The molecule has 1 heterocycles. The van der Waals surface area contributed by atoms with Gasteiger partial charge in [-0.1, -0.05) is 17.7 Å². The first kappa shape index (κ1) is 22.5. The summed E-state index contributed by atoms with van der Waals surface area (Å²) in [4.78, 5) is 39.7. The Balaban J connectivity index is 1.60. The molecule has 1 aliphatic rings. The van der Waals surface area contributed by atoms with Crippen LogP contribution in [0, 0.1) is 11.6 Å². The number of nitrogens with one attached hydrogen (secondary N) is 1. The van der Waals surface area contributed by atoms with E-state index in [1.54, 1.807) is 24.3 Å². The van der Waals surface area contributed by atoms with Crippen LogP contribution < -0.4 is 10.1 Å². The molecule has 1 fully saturated rings. The number of amides is 4. The van der Waals surface area contributed by atoms with Crippen LogP contribution in [0.25, 0.3) is 0 Å². The Morgan fingerprint density at radius 3 is 2.48 bits per heavy atom. The minimum absolute atomic E-state index is 0.0735. The molecule has 0 aromatic heterocycles. The average molecular weight is 452 g/mol. The van der Waals surface area contributed by atoms with Crippen molar-refractivity contribution in [1.29, 1.82) is 0 Å². The van der Waals surface area contributed by atoms with Crippen molar-refractivity contribution in [2.24, 2.45) is 0 Å². The number of hydrogen-bond donors (Lipinski definition) is 1. The van der Waals surface area contributed by atoms with Crippen molar-refractivity contribution in [3.05, 3.63) is 64.7 Å². The van der Waals surface area contributed by atoms with E-state index >= 15 is 0 Å². The summed E-state index contributed by atoms with van der Waals surface area (Å²) in [6.07, 6.45) is 0. The van der Waals surface area contributed by atoms with Gasteiger partial charge in [-0.2, -0.15) is 0 Å². The number of nitrogens with zero attached hydrogens (tertiary/aromatic N) is 2. The summed E-state index contributed by atoms with van der Waals surface area (Å²) in [7, 11) is 1.51. The molecular weight excluding hydrogens is 432 g/mol. The van der Waals surface area contributed by atoms with Gasteiger partial charge >= 0.3 is 6.03 Å². The number of carbonyl (C=O) groups excluding carboxylic acids is 3. The third-order valence-electron chi connectivity index (χ3n) is 5.00. The van der Waals surface area contributed by atoms with E-state index in [0.29, 0.717) is 10.8 Å². The number of hydrogen-bond acceptors (Lipinski definition) is 4. The molecule has 2 aromatic rings. The highest BCUT2D eigenvalue weighted by Crippen LogP contribution is 2.29. The Morgan fingerprint density at radius 1 is 1.16 bits per heavy atom. The lowest BCUT2D eigenvalue weighted by Crippen LogP contribution is -2.44. The zero-order valence-corrected chi connectivity index (χ0v) is 17.6. The SMILES string of the molecule is CN(CCOc1ccc(Cl)cc1)C(=O)CN1C(=O)NC(C)(c2ccc(F)c(F)c2)C1=O. The van der Waals surface area contributed by atoms with Crippen molar-refractivity contribution < 1.29 is 27.9 Å². The number of carbonyl (C=O) groups is 3. The Kier molecular flexibility index (Phi) is 6.45. The van der Waals surface area contributed by atoms with Gasteiger partial charge in [0.1, 0.15) is 24.4 Å². The summed E-state index contributed by atoms with van der Waals surface area (Å²) in [6.45, 7) is 1.28. The maximum Gasteiger partial charge on any atom is 0.325 e. The van der Waals surface area contributed by atoms with Crippen LogP contribution in [0.15, 0.2) is 42.5 Å². The van der Waals surface area contributed by atoms with Crippen LogP contribution in [0.3, 0.4) is 0 Å². The van der Waals surface area contributed by atoms with Gasteiger partial charge in [0, 0.05) is 12.1 Å². The third kappa shape index (κ3) is 4.77. The second-order valence-corrected chi connectivity index (χ2v) is 7.63. The van der Waals surface area contributed by atoms with Crippen LogP contribution in [-0.2, 0) is 15.1 Å². The maximum atomic E-state index is 13.6. The highest BCUT2D eigenvalue weighted by atomic mass is 35.5. The fourth-order valence-corrected chi connectivity index (χ4v) is 3.18. The van der Waals surface area contributed by atoms with E-state index < -0.39 is 41.6 Å². The van der Waals surface area contributed by atoms with Crippen molar-refractivity contribution in [1.82, 2.24) is 15.1 Å². The molecular formula is C21H20ClF2N3O4. The molecule has 0 radical (unpaired) electrons. The van der Waals surface area contributed by atoms with Gasteiger partial charge in [0.25, 0.3) is 5.91 Å². The normalized spacial score (nSPS) is 18.2. The third-order valence-corrected chi connectivity index (χ3v) is 5.25. The zero-order valence-electron chi connectivity index (χ0n) is 16.8. The van der Waals surface area contributed by atoms with Gasteiger partial charge in [-0.05, 0) is 48.9 Å². The lowest BCUT2D eigenvalue weighted by atomic mass is 9.92. The zero-order chi connectivity index (χ0) is 22.8. The fraction of sp³-hybridized carbons (Fsp3) is 0.286. The number of rotatable bonds is 7. The minimum Gasteiger partial charge on any atom is -0.492 e. The molecule has 1 saturated heterocycles. The topological polar surface area (TPSA) is 79.0 Å². The van der Waals surface area contributed by atoms with Gasteiger partial charge in [-0.25, -0.2) is 13.6 Å². The maximum absolute atomic E-state index is 13.6. The molecule has 0 bridgehead atoms. The lowest BCUT2D eigenvalue weighted by molar-refractivity contribution is -0.138. The van der Waals surface area contributed by atoms with E-state index in [9.17, 15) is 23.2 Å². The molecule has 0 aliphatic carbocycles. The first-order chi connectivity index (χ1) is 14.6. The Hall–Kier alpha value is -3.20. The molecule has 0 saturated carbocycles. The highest BCUT2D eigenvalue weighted by molar-refractivity contribution is 6.30. The smallest absolute Gasteiger partial charge is 0.325 e. The summed E-state index contributed by atoms with van der Waals surface area (Å²) in [6, 6.07) is 8.86. The van der Waals surface area contributed by atoms with Crippen LogP contribution in [0.4, 0.5) is 13.6 Å². The number of benzene rings is 2. The summed E-state index contributed by atoms with van der Waals surface area (Å²) < 4.78 is 32.4. The van der Waals surface area contributed by atoms with Crippen LogP contribution in [-0.4, -0.2) is 54.4 Å². The summed E-state index contributed by atoms with van der Waals surface area (Å²) in [5, 5.41) is 3.02. The molecule has 1 unspecified atom stereocenters. The number of halogens is 3. The van der Waals surface area contributed by atoms with Crippen molar-refractivity contribution >= 4 is 29.4 Å². The van der Waals surface area contributed by atoms with Crippen molar-refractivity contribution in [3.63, 3.8) is 0 Å². The molecule has 3 rings (SSSR count). The molecule has 31 heavy (non-hydrogen) atoms. The molecule has 4 amide bonds. The Bertz CT molecular complexity index is 1020. The van der Waals surface area contributed by atoms with Gasteiger partial charge in [-0.15, -0.1) is 0 Å². The van der Waals surface area contributed by atoms with Crippen molar-refractivity contribution in [2.45, 2.75) is 12.5 Å². The molecule has 1 aliphatic heterocycles. The predicted octanol–water partition coefficient (Wildman–Crippen LogP) is 2.92. The van der Waals surface area contributed by atoms with E-state index in [1.807, 2.05) is 0 Å². The first-order valence-corrected chi connectivity index (χ1v) is 9.71. The van der Waals surface area contributed by atoms with E-state index in [4.69, 9.17) is 16.3 Å². The van der Waals surface area contributed by atoms with E-state index in [-0.39, 0.29) is 18.7 Å². The van der Waals surface area contributed by atoms with E-state index in [1.165, 1.54) is 24.9 Å². The minimum atomic E-state index is -1.61. The lowest BCUT2D eigenvalue weighted by Gasteiger charge is -2.23. The molecule has 10 heteroatoms. The van der Waals surface area contributed by atoms with E-state index in [2.05, 4.69) is 5.32 Å². The monoisotopic (exact) mass is 451 g/mol. The molecule has 164 valence electrons. The average Bonchev–Trinajstić information content (AvgIpc) is 2.95. The highest BCUT2D eigenvalue weighted by Gasteiger charge is 2.49. The second kappa shape index (κ2) is 8.89. The van der Waals surface area contributed by atoms with Crippen molar-refractivity contribution in [3.8, 4) is 5.75 Å². The summed E-state index contributed by atoms with van der Waals surface area (Å²) >= 11 is 5.81. The van der Waals surface area contributed by atoms with Gasteiger partial charge in [0.05, 0.1) is 6.54 Å². The predicted molar refractivity (Wildman–Crippen MR) is 109 cm³/mol. The fourth-order valence-electron chi connectivity index (χ4n) is 3.06. The summed E-state index contributed by atoms with van der Waals surface area (Å²) in [5.74, 6) is -2.85. The largest absolute Gasteiger partial charge is 0.492 e. The molecule has 2 aromatic carbocycles. The Labute approximate surface area is 182 Å². The number of urea groups is 1. The standard InChI is InChI=1S/C21H20ClF2N3O4/c1-21(13-3-8-16(23)17(24)11-13)19(29)27(20(30)25-21)12-18(28)26(2)9-10-31-15-6-4-14(22)5-7-15/h3-8,11H,9-10,12H2,1-2H3,(H,25,30). The molecule has 1 N–H and O–H groups in total.